The molecule has 0 spiro atoms. The minimum Gasteiger partial charge on any atom is -0.469 e. The van der Waals surface area contributed by atoms with Crippen molar-refractivity contribution in [1.29, 1.82) is 0 Å². The number of methoxy groups -OCH3 is 1. The lowest BCUT2D eigenvalue weighted by Crippen LogP contribution is -2.27. The Labute approximate surface area is 122 Å². The molecule has 6 nitrogen and oxygen atoms in total. The molecule has 20 heavy (non-hydrogen) atoms. The number of carbonyl (C=O) groups excluding carboxylic acids is 1. The first kappa shape index (κ1) is 16.7. The van der Waals surface area contributed by atoms with Gasteiger partial charge in [0.15, 0.2) is 0 Å². The highest BCUT2D eigenvalue weighted by molar-refractivity contribution is 7.89. The van der Waals surface area contributed by atoms with E-state index >= 15 is 0 Å². The first-order chi connectivity index (χ1) is 9.46. The predicted octanol–water partition coefficient (Wildman–Crippen LogP) is 0.0408. The molecule has 0 saturated carbocycles. The zero-order chi connectivity index (χ0) is 15.0. The monoisotopic (exact) mass is 316 g/mol. The number of nitrogens with one attached hydrogen (secondary N) is 1. The number of thiophene rings is 1. The molecule has 3 N–H and O–H groups in total. The summed E-state index contributed by atoms with van der Waals surface area (Å²) in [6.07, 6.45) is -0.163. The zero-order valence-corrected chi connectivity index (χ0v) is 12.6. The molecule has 0 aliphatic heterocycles. The average Bonchev–Trinajstić information content (AvgIpc) is 2.88. The van der Waals surface area contributed by atoms with Gasteiger partial charge >= 0.3 is 5.97 Å². The maximum Gasteiger partial charge on any atom is 0.306 e. The molecule has 0 aliphatic rings. The summed E-state index contributed by atoms with van der Waals surface area (Å²) in [5, 5.41) is 1.83. The molecule has 0 fully saturated rings. The topological polar surface area (TPSA) is 98.5 Å². The number of esters is 1. The van der Waals surface area contributed by atoms with Gasteiger partial charge in [-0.3, -0.25) is 4.79 Å². The number of sulfonamides is 1. The van der Waals surface area contributed by atoms with E-state index in [2.05, 4.69) is 21.3 Å². The normalized spacial score (nSPS) is 10.7. The third-order valence-corrected chi connectivity index (χ3v) is 4.52. The Balaban J connectivity index is 2.49. The van der Waals surface area contributed by atoms with Crippen LogP contribution in [0.15, 0.2) is 11.4 Å². The van der Waals surface area contributed by atoms with Crippen LogP contribution < -0.4 is 10.5 Å². The first-order valence-corrected chi connectivity index (χ1v) is 8.30. The molecule has 1 heterocycles. The minimum absolute atomic E-state index is 0.163. The number of hydrogen-bond acceptors (Lipinski definition) is 6. The number of carbonyl (C=O) groups is 1. The Kier molecular flexibility index (Phi) is 6.67. The number of hydrogen-bond donors (Lipinski definition) is 2. The predicted molar refractivity (Wildman–Crippen MR) is 77.5 cm³/mol. The van der Waals surface area contributed by atoms with Crippen LogP contribution in [0.1, 0.15) is 16.9 Å². The Morgan fingerprint density at radius 1 is 1.55 bits per heavy atom. The van der Waals surface area contributed by atoms with E-state index in [4.69, 9.17) is 5.73 Å². The van der Waals surface area contributed by atoms with Crippen molar-refractivity contribution >= 4 is 27.3 Å². The van der Waals surface area contributed by atoms with Gasteiger partial charge in [-0.15, -0.1) is 11.3 Å². The smallest absolute Gasteiger partial charge is 0.306 e. The van der Waals surface area contributed by atoms with Gasteiger partial charge in [0.25, 0.3) is 0 Å². The summed E-state index contributed by atoms with van der Waals surface area (Å²) in [5.74, 6) is 4.75. The fourth-order valence-corrected chi connectivity index (χ4v) is 3.07. The Hall–Kier alpha value is -1.40. The van der Waals surface area contributed by atoms with Crippen LogP contribution in [-0.4, -0.2) is 33.8 Å². The molecule has 1 rings (SSSR count). The lowest BCUT2D eigenvalue weighted by Gasteiger charge is -2.04. The zero-order valence-electron chi connectivity index (χ0n) is 11.0. The van der Waals surface area contributed by atoms with Crippen molar-refractivity contribution in [2.45, 2.75) is 13.0 Å². The van der Waals surface area contributed by atoms with Crippen molar-refractivity contribution in [2.24, 2.45) is 5.73 Å². The highest BCUT2D eigenvalue weighted by Crippen LogP contribution is 2.13. The average molecular weight is 316 g/mol. The first-order valence-electron chi connectivity index (χ1n) is 5.77. The van der Waals surface area contributed by atoms with Crippen molar-refractivity contribution in [3.05, 3.63) is 21.9 Å². The van der Waals surface area contributed by atoms with Crippen LogP contribution in [0.25, 0.3) is 0 Å². The van der Waals surface area contributed by atoms with E-state index in [1.807, 2.05) is 5.38 Å². The molecule has 0 radical (unpaired) electrons. The van der Waals surface area contributed by atoms with Crippen LogP contribution >= 0.6 is 11.3 Å². The molecular formula is C12H16N2O4S2. The minimum atomic E-state index is -3.49. The van der Waals surface area contributed by atoms with E-state index in [-0.39, 0.29) is 25.3 Å². The van der Waals surface area contributed by atoms with Gasteiger partial charge in [-0.1, -0.05) is 11.8 Å². The summed E-state index contributed by atoms with van der Waals surface area (Å²) >= 11 is 1.41. The Morgan fingerprint density at radius 2 is 2.30 bits per heavy atom. The summed E-state index contributed by atoms with van der Waals surface area (Å²) in [5.41, 5.74) is 6.08. The van der Waals surface area contributed by atoms with Crippen molar-refractivity contribution in [2.75, 3.05) is 19.4 Å². The van der Waals surface area contributed by atoms with Crippen LogP contribution in [0.2, 0.25) is 0 Å². The van der Waals surface area contributed by atoms with E-state index < -0.39 is 16.0 Å². The van der Waals surface area contributed by atoms with Crippen molar-refractivity contribution in [1.82, 2.24) is 4.72 Å². The summed E-state index contributed by atoms with van der Waals surface area (Å²) in [4.78, 5) is 11.7. The largest absolute Gasteiger partial charge is 0.469 e. The molecule has 0 unspecified atom stereocenters. The van der Waals surface area contributed by atoms with Crippen molar-refractivity contribution < 1.29 is 17.9 Å². The fraction of sp³-hybridized carbons (Fsp3) is 0.417. The van der Waals surface area contributed by atoms with Crippen LogP contribution in [-0.2, 0) is 26.1 Å². The second-order valence-corrected chi connectivity index (χ2v) is 6.70. The van der Waals surface area contributed by atoms with Gasteiger partial charge in [0, 0.05) is 22.4 Å². The molecule has 0 aromatic carbocycles. The third kappa shape index (κ3) is 6.16. The van der Waals surface area contributed by atoms with Gasteiger partial charge in [-0.2, -0.15) is 0 Å². The summed E-state index contributed by atoms with van der Waals surface area (Å²) in [6, 6.07) is 1.80. The second kappa shape index (κ2) is 8.01. The van der Waals surface area contributed by atoms with Gasteiger partial charge in [0.1, 0.15) is 0 Å². The van der Waals surface area contributed by atoms with E-state index in [0.717, 1.165) is 10.4 Å². The summed E-state index contributed by atoms with van der Waals surface area (Å²) in [6.45, 7) is 0.462. The van der Waals surface area contributed by atoms with E-state index in [9.17, 15) is 13.2 Å². The number of rotatable bonds is 6. The summed E-state index contributed by atoms with van der Waals surface area (Å²) < 4.78 is 30.1. The van der Waals surface area contributed by atoms with Crippen LogP contribution in [0.5, 0.6) is 0 Å². The molecule has 8 heteroatoms. The lowest BCUT2D eigenvalue weighted by molar-refractivity contribution is -0.140. The molecule has 0 atom stereocenters. The van der Waals surface area contributed by atoms with E-state index in [0.29, 0.717) is 0 Å². The quantitative estimate of drug-likeness (QED) is 0.570. The maximum absolute atomic E-state index is 11.6. The number of nitrogens with two attached hydrogens (primary N) is 1. The van der Waals surface area contributed by atoms with Crippen molar-refractivity contribution in [3.63, 3.8) is 0 Å². The molecule has 110 valence electrons. The molecule has 0 amide bonds. The van der Waals surface area contributed by atoms with Gasteiger partial charge in [-0.25, -0.2) is 13.1 Å². The van der Waals surface area contributed by atoms with E-state index in [1.165, 1.54) is 18.4 Å². The van der Waals surface area contributed by atoms with E-state index in [1.54, 1.807) is 6.07 Å². The Morgan fingerprint density at radius 3 is 2.95 bits per heavy atom. The van der Waals surface area contributed by atoms with Crippen LogP contribution in [0.3, 0.4) is 0 Å². The second-order valence-electron chi connectivity index (χ2n) is 3.77. The molecule has 1 aromatic heterocycles. The SMILES string of the molecule is COC(=O)CCS(=O)(=O)NCc1cc(C#CCN)cs1. The number of ether oxygens (including phenoxy) is 1. The van der Waals surface area contributed by atoms with Crippen LogP contribution in [0.4, 0.5) is 0 Å². The summed E-state index contributed by atoms with van der Waals surface area (Å²) in [7, 11) is -2.27. The third-order valence-electron chi connectivity index (χ3n) is 2.26. The standard InChI is InChI=1S/C12H16N2O4S2/c1-18-12(15)4-6-20(16,17)14-8-11-7-10(9-19-11)3-2-5-13/h7,9,14H,4-6,8,13H2,1H3. The van der Waals surface area contributed by atoms with Gasteiger partial charge in [0.2, 0.25) is 10.0 Å². The molecule has 0 bridgehead atoms. The van der Waals surface area contributed by atoms with Gasteiger partial charge < -0.3 is 10.5 Å². The highest BCUT2D eigenvalue weighted by Gasteiger charge is 2.13. The molecular weight excluding hydrogens is 300 g/mol. The van der Waals surface area contributed by atoms with Gasteiger partial charge in [-0.05, 0) is 6.07 Å². The van der Waals surface area contributed by atoms with Gasteiger partial charge in [0.05, 0.1) is 25.8 Å². The molecule has 0 aliphatic carbocycles. The maximum atomic E-state index is 11.6. The lowest BCUT2D eigenvalue weighted by atomic mass is 10.3. The van der Waals surface area contributed by atoms with Crippen LogP contribution in [0, 0.1) is 11.8 Å². The Bertz CT molecular complexity index is 611. The fourth-order valence-electron chi connectivity index (χ4n) is 1.27. The molecule has 1 aromatic rings. The highest BCUT2D eigenvalue weighted by atomic mass is 32.2. The molecule has 0 saturated heterocycles. The van der Waals surface area contributed by atoms with Crippen molar-refractivity contribution in [3.8, 4) is 11.8 Å².